The second kappa shape index (κ2) is 8.92. The van der Waals surface area contributed by atoms with Crippen molar-refractivity contribution < 1.29 is 14.6 Å². The van der Waals surface area contributed by atoms with Crippen LogP contribution < -0.4 is 5.32 Å². The Kier molecular flexibility index (Phi) is 6.29. The number of piperidine rings is 1. The predicted molar refractivity (Wildman–Crippen MR) is 113 cm³/mol. The van der Waals surface area contributed by atoms with Crippen molar-refractivity contribution >= 4 is 17.2 Å². The minimum absolute atomic E-state index is 0.0728. The van der Waals surface area contributed by atoms with E-state index in [9.17, 15) is 4.79 Å². The maximum atomic E-state index is 11.9. The number of hydrogen-bond donors (Lipinski definition) is 2. The molecule has 0 radical (unpaired) electrons. The van der Waals surface area contributed by atoms with Crippen molar-refractivity contribution in [2.45, 2.75) is 44.8 Å². The summed E-state index contributed by atoms with van der Waals surface area (Å²) in [6.07, 6.45) is 5.97. The molecule has 7 heteroatoms. The van der Waals surface area contributed by atoms with Gasteiger partial charge in [-0.2, -0.15) is 0 Å². The van der Waals surface area contributed by atoms with Gasteiger partial charge in [-0.15, -0.1) is 11.3 Å². The number of nitrogens with one attached hydrogen (secondary N) is 1. The number of carbonyl (C=O) groups excluding carboxylic acids is 1. The van der Waals surface area contributed by atoms with E-state index in [2.05, 4.69) is 28.2 Å². The molecule has 4 heterocycles. The van der Waals surface area contributed by atoms with E-state index in [0.717, 1.165) is 57.5 Å². The lowest BCUT2D eigenvalue weighted by Gasteiger charge is -2.44. The number of amides is 1. The van der Waals surface area contributed by atoms with Crippen LogP contribution in [0.2, 0.25) is 0 Å². The lowest BCUT2D eigenvalue weighted by atomic mass is 9.82. The Morgan fingerprint density at radius 1 is 1.38 bits per heavy atom. The summed E-state index contributed by atoms with van der Waals surface area (Å²) in [4.78, 5) is 21.6. The molecule has 6 nitrogen and oxygen atoms in total. The number of hydrogen-bond acceptors (Lipinski definition) is 6. The number of nitrogens with zero attached hydrogens (tertiary/aromatic N) is 2. The van der Waals surface area contributed by atoms with Gasteiger partial charge in [0.05, 0.1) is 18.8 Å². The minimum atomic E-state index is -0.252. The van der Waals surface area contributed by atoms with E-state index < -0.39 is 0 Å². The lowest BCUT2D eigenvalue weighted by molar-refractivity contribution is -0.0981. The van der Waals surface area contributed by atoms with Gasteiger partial charge in [0.25, 0.3) is 5.91 Å². The Labute approximate surface area is 175 Å². The van der Waals surface area contributed by atoms with Crippen molar-refractivity contribution in [3.63, 3.8) is 0 Å². The molecule has 2 aliphatic heterocycles. The molecule has 2 aromatic heterocycles. The van der Waals surface area contributed by atoms with E-state index in [-0.39, 0.29) is 24.7 Å². The zero-order valence-corrected chi connectivity index (χ0v) is 17.8. The number of fused-ring (bicyclic) bond motifs is 2. The molecule has 0 bridgehead atoms. The van der Waals surface area contributed by atoms with Crippen LogP contribution in [0.25, 0.3) is 0 Å². The fraction of sp³-hybridized carbons (Fsp3) is 0.545. The molecule has 1 saturated heterocycles. The van der Waals surface area contributed by atoms with Gasteiger partial charge in [-0.3, -0.25) is 14.7 Å². The quantitative estimate of drug-likeness (QED) is 0.758. The van der Waals surface area contributed by atoms with Gasteiger partial charge in [-0.1, -0.05) is 13.0 Å². The Bertz CT molecular complexity index is 841. The second-order valence-electron chi connectivity index (χ2n) is 7.80. The monoisotopic (exact) mass is 415 g/mol. The highest BCUT2D eigenvalue weighted by Gasteiger charge is 2.41. The van der Waals surface area contributed by atoms with E-state index in [0.29, 0.717) is 5.69 Å². The molecule has 1 fully saturated rings. The molecule has 0 aliphatic carbocycles. The first-order valence-corrected chi connectivity index (χ1v) is 11.3. The molecule has 156 valence electrons. The molecule has 0 aromatic carbocycles. The summed E-state index contributed by atoms with van der Waals surface area (Å²) in [5.74, 6) is -0.252. The number of likely N-dealkylation sites (tertiary alicyclic amines) is 1. The van der Waals surface area contributed by atoms with Crippen molar-refractivity contribution in [2.24, 2.45) is 0 Å². The number of ether oxygens (including phenoxy) is 1. The first-order chi connectivity index (χ1) is 14.1. The van der Waals surface area contributed by atoms with Crippen LogP contribution in [0.15, 0.2) is 24.4 Å². The zero-order chi connectivity index (χ0) is 20.3. The largest absolute Gasteiger partial charge is 0.395 e. The lowest BCUT2D eigenvalue weighted by Crippen LogP contribution is -2.45. The Balaban J connectivity index is 1.36. The number of aromatic nitrogens is 1. The van der Waals surface area contributed by atoms with Crippen LogP contribution in [-0.2, 0) is 29.7 Å². The third-order valence-electron chi connectivity index (χ3n) is 5.93. The second-order valence-corrected chi connectivity index (χ2v) is 9.02. The van der Waals surface area contributed by atoms with Gasteiger partial charge < -0.3 is 15.2 Å². The molecular formula is C22H29N3O3S. The van der Waals surface area contributed by atoms with E-state index in [4.69, 9.17) is 9.84 Å². The average molecular weight is 416 g/mol. The van der Waals surface area contributed by atoms with Gasteiger partial charge in [0.2, 0.25) is 0 Å². The van der Waals surface area contributed by atoms with Gasteiger partial charge in [0.15, 0.2) is 0 Å². The van der Waals surface area contributed by atoms with Crippen molar-refractivity contribution in [3.8, 4) is 0 Å². The summed E-state index contributed by atoms with van der Waals surface area (Å²) in [6, 6.07) is 6.10. The van der Waals surface area contributed by atoms with Gasteiger partial charge in [0.1, 0.15) is 5.69 Å². The molecule has 1 amide bonds. The smallest absolute Gasteiger partial charge is 0.269 e. The maximum absolute atomic E-state index is 11.9. The Morgan fingerprint density at radius 2 is 2.21 bits per heavy atom. The maximum Gasteiger partial charge on any atom is 0.269 e. The summed E-state index contributed by atoms with van der Waals surface area (Å²) in [7, 11) is 0. The molecule has 2 N–H and O–H groups in total. The Morgan fingerprint density at radius 3 is 2.90 bits per heavy atom. The number of aryl methyl sites for hydroxylation is 1. The average Bonchev–Trinajstić information content (AvgIpc) is 3.19. The van der Waals surface area contributed by atoms with Gasteiger partial charge in [-0.05, 0) is 42.5 Å². The predicted octanol–water partition coefficient (Wildman–Crippen LogP) is 2.49. The Hall–Kier alpha value is -1.80. The first-order valence-electron chi connectivity index (χ1n) is 10.5. The highest BCUT2D eigenvalue weighted by atomic mass is 32.1. The SMILES string of the molecule is CCc1cc2c(s1)CCOC21CCN(Cc2ccc(C(=O)NCCO)nc2)CC1. The third kappa shape index (κ3) is 4.38. The van der Waals surface area contributed by atoms with Crippen LogP contribution in [0.1, 0.15) is 51.1 Å². The highest BCUT2D eigenvalue weighted by molar-refractivity contribution is 7.12. The third-order valence-corrected chi connectivity index (χ3v) is 7.27. The molecule has 0 saturated carbocycles. The van der Waals surface area contributed by atoms with E-state index in [1.54, 1.807) is 12.3 Å². The van der Waals surface area contributed by atoms with Crippen molar-refractivity contribution in [2.75, 3.05) is 32.8 Å². The molecule has 0 unspecified atom stereocenters. The molecule has 2 aliphatic rings. The molecule has 29 heavy (non-hydrogen) atoms. The van der Waals surface area contributed by atoms with Gasteiger partial charge in [0, 0.05) is 48.6 Å². The number of rotatable bonds is 6. The van der Waals surface area contributed by atoms with Crippen LogP contribution in [0.4, 0.5) is 0 Å². The first kappa shape index (κ1) is 20.5. The normalized spacial score (nSPS) is 18.6. The number of aliphatic hydroxyl groups excluding tert-OH is 1. The van der Waals surface area contributed by atoms with E-state index in [1.807, 2.05) is 17.4 Å². The zero-order valence-electron chi connectivity index (χ0n) is 16.9. The van der Waals surface area contributed by atoms with Crippen LogP contribution in [-0.4, -0.2) is 53.7 Å². The molecule has 1 spiro atoms. The number of carbonyl (C=O) groups is 1. The van der Waals surface area contributed by atoms with Gasteiger partial charge >= 0.3 is 0 Å². The van der Waals surface area contributed by atoms with Gasteiger partial charge in [-0.25, -0.2) is 0 Å². The van der Waals surface area contributed by atoms with Crippen molar-refractivity contribution in [1.29, 1.82) is 0 Å². The van der Waals surface area contributed by atoms with Crippen LogP contribution >= 0.6 is 11.3 Å². The van der Waals surface area contributed by atoms with Crippen LogP contribution in [0.5, 0.6) is 0 Å². The molecule has 2 aromatic rings. The summed E-state index contributed by atoms with van der Waals surface area (Å²) >= 11 is 1.97. The summed E-state index contributed by atoms with van der Waals surface area (Å²) in [6.45, 7) is 6.05. The summed E-state index contributed by atoms with van der Waals surface area (Å²) in [5.41, 5.74) is 2.84. The summed E-state index contributed by atoms with van der Waals surface area (Å²) < 4.78 is 6.37. The van der Waals surface area contributed by atoms with E-state index in [1.165, 1.54) is 15.3 Å². The molecule has 0 atom stereocenters. The number of aliphatic hydroxyl groups is 1. The van der Waals surface area contributed by atoms with Crippen molar-refractivity contribution in [3.05, 3.63) is 51.0 Å². The fourth-order valence-corrected chi connectivity index (χ4v) is 5.48. The van der Waals surface area contributed by atoms with Crippen molar-refractivity contribution in [1.82, 2.24) is 15.2 Å². The minimum Gasteiger partial charge on any atom is -0.395 e. The van der Waals surface area contributed by atoms with Crippen LogP contribution in [0.3, 0.4) is 0 Å². The number of thiophene rings is 1. The number of pyridine rings is 1. The standard InChI is InChI=1S/C22H29N3O3S/c1-2-17-13-18-20(29-17)5-12-28-22(18)6-9-25(10-7-22)15-16-3-4-19(24-14-16)21(27)23-8-11-26/h3-4,13-14,26H,2,5-12,15H2,1H3,(H,23,27). The summed E-state index contributed by atoms with van der Waals surface area (Å²) in [5, 5.41) is 11.4. The molecule has 4 rings (SSSR count). The topological polar surface area (TPSA) is 74.7 Å². The van der Waals surface area contributed by atoms with Crippen LogP contribution in [0, 0.1) is 0 Å². The fourth-order valence-electron chi connectivity index (χ4n) is 4.30. The molecular weight excluding hydrogens is 386 g/mol. The highest BCUT2D eigenvalue weighted by Crippen LogP contribution is 2.44. The van der Waals surface area contributed by atoms with E-state index >= 15 is 0 Å².